The Hall–Kier alpha value is -0.940. The first-order valence-corrected chi connectivity index (χ1v) is 8.20. The van der Waals surface area contributed by atoms with Crippen molar-refractivity contribution in [3.05, 3.63) is 16.1 Å². The third-order valence-corrected chi connectivity index (χ3v) is 4.93. The molecule has 1 aliphatic heterocycles. The second kappa shape index (κ2) is 6.68. The van der Waals surface area contributed by atoms with Crippen LogP contribution in [0.15, 0.2) is 5.38 Å². The van der Waals surface area contributed by atoms with Gasteiger partial charge in [0.2, 0.25) is 0 Å². The van der Waals surface area contributed by atoms with Crippen molar-refractivity contribution in [2.24, 2.45) is 11.8 Å². The molecule has 20 heavy (non-hydrogen) atoms. The van der Waals surface area contributed by atoms with Gasteiger partial charge in [0.1, 0.15) is 0 Å². The van der Waals surface area contributed by atoms with E-state index in [1.165, 1.54) is 19.5 Å². The Bertz CT molecular complexity index is 450. The molecule has 0 amide bonds. The predicted molar refractivity (Wildman–Crippen MR) is 81.3 cm³/mol. The zero-order valence-electron chi connectivity index (χ0n) is 12.5. The summed E-state index contributed by atoms with van der Waals surface area (Å²) in [7, 11) is 0. The Morgan fingerprint density at radius 3 is 2.75 bits per heavy atom. The second-order valence-corrected chi connectivity index (χ2v) is 7.20. The molecule has 0 aromatic carbocycles. The van der Waals surface area contributed by atoms with Crippen LogP contribution >= 0.6 is 11.3 Å². The van der Waals surface area contributed by atoms with Gasteiger partial charge in [0.25, 0.3) is 0 Å². The highest BCUT2D eigenvalue weighted by molar-refractivity contribution is 7.09. The maximum atomic E-state index is 10.7. The van der Waals surface area contributed by atoms with Gasteiger partial charge in [-0.3, -0.25) is 4.79 Å². The Kier molecular flexibility index (Phi) is 5.16. The van der Waals surface area contributed by atoms with E-state index in [-0.39, 0.29) is 6.42 Å². The van der Waals surface area contributed by atoms with Gasteiger partial charge in [-0.1, -0.05) is 20.8 Å². The van der Waals surface area contributed by atoms with E-state index in [1.54, 1.807) is 11.3 Å². The standard InChI is InChI=1S/C15H24N2O2S/c1-10-4-11(2)7-17(6-10)8-12(3)15-16-13(9-20-15)5-14(18)19/h9-12H,4-8H2,1-3H3,(H,18,19). The summed E-state index contributed by atoms with van der Waals surface area (Å²) in [6.07, 6.45) is 1.35. The highest BCUT2D eigenvalue weighted by atomic mass is 32.1. The number of aromatic nitrogens is 1. The van der Waals surface area contributed by atoms with Crippen LogP contribution in [-0.4, -0.2) is 40.6 Å². The molecule has 1 N–H and O–H groups in total. The van der Waals surface area contributed by atoms with Crippen molar-refractivity contribution in [3.8, 4) is 0 Å². The second-order valence-electron chi connectivity index (χ2n) is 6.31. The zero-order chi connectivity index (χ0) is 14.7. The molecule has 2 heterocycles. The first-order chi connectivity index (χ1) is 9.44. The number of aliphatic carboxylic acids is 1. The highest BCUT2D eigenvalue weighted by Gasteiger charge is 2.24. The lowest BCUT2D eigenvalue weighted by molar-refractivity contribution is -0.136. The molecule has 1 fully saturated rings. The predicted octanol–water partition coefficient (Wildman–Crippen LogP) is 2.85. The summed E-state index contributed by atoms with van der Waals surface area (Å²) in [5.41, 5.74) is 0.685. The first-order valence-electron chi connectivity index (χ1n) is 7.32. The maximum absolute atomic E-state index is 10.7. The summed E-state index contributed by atoms with van der Waals surface area (Å²) < 4.78 is 0. The van der Waals surface area contributed by atoms with Crippen LogP contribution in [0.3, 0.4) is 0 Å². The van der Waals surface area contributed by atoms with Crippen molar-refractivity contribution < 1.29 is 9.90 Å². The number of carbonyl (C=O) groups is 1. The van der Waals surface area contributed by atoms with E-state index in [0.717, 1.165) is 23.4 Å². The highest BCUT2D eigenvalue weighted by Crippen LogP contribution is 2.26. The molecule has 1 saturated heterocycles. The largest absolute Gasteiger partial charge is 0.481 e. The van der Waals surface area contributed by atoms with Crippen LogP contribution < -0.4 is 0 Å². The lowest BCUT2D eigenvalue weighted by Crippen LogP contribution is -2.40. The number of rotatable bonds is 5. The molecule has 3 unspecified atom stereocenters. The fraction of sp³-hybridized carbons (Fsp3) is 0.733. The van der Waals surface area contributed by atoms with Gasteiger partial charge in [-0.25, -0.2) is 4.98 Å². The van der Waals surface area contributed by atoms with Gasteiger partial charge < -0.3 is 10.0 Å². The molecular formula is C15H24N2O2S. The minimum Gasteiger partial charge on any atom is -0.481 e. The summed E-state index contributed by atoms with van der Waals surface area (Å²) in [6.45, 7) is 10.2. The third-order valence-electron chi connectivity index (χ3n) is 3.80. The van der Waals surface area contributed by atoms with Crippen LogP contribution in [0, 0.1) is 11.8 Å². The summed E-state index contributed by atoms with van der Waals surface area (Å²) in [5.74, 6) is 1.10. The van der Waals surface area contributed by atoms with E-state index in [0.29, 0.717) is 11.6 Å². The Balaban J connectivity index is 1.92. The molecule has 1 aromatic heterocycles. The average Bonchev–Trinajstić information content (AvgIpc) is 2.75. The fourth-order valence-electron chi connectivity index (χ4n) is 3.19. The number of hydrogen-bond donors (Lipinski definition) is 1. The molecule has 112 valence electrons. The van der Waals surface area contributed by atoms with E-state index in [2.05, 4.69) is 30.7 Å². The molecule has 5 heteroatoms. The van der Waals surface area contributed by atoms with Crippen LogP contribution in [0.1, 0.15) is 43.8 Å². The smallest absolute Gasteiger partial charge is 0.309 e. The van der Waals surface area contributed by atoms with Crippen molar-refractivity contribution >= 4 is 17.3 Å². The topological polar surface area (TPSA) is 53.4 Å². The quantitative estimate of drug-likeness (QED) is 0.908. The minimum atomic E-state index is -0.812. The van der Waals surface area contributed by atoms with Gasteiger partial charge in [-0.05, 0) is 18.3 Å². The Morgan fingerprint density at radius 1 is 1.50 bits per heavy atom. The van der Waals surface area contributed by atoms with Gasteiger partial charge in [-0.2, -0.15) is 0 Å². The molecule has 0 saturated carbocycles. The van der Waals surface area contributed by atoms with Crippen molar-refractivity contribution in [1.29, 1.82) is 0 Å². The molecule has 1 aliphatic rings. The maximum Gasteiger partial charge on any atom is 0.309 e. The van der Waals surface area contributed by atoms with Crippen LogP contribution in [0.5, 0.6) is 0 Å². The molecule has 0 spiro atoms. The van der Waals surface area contributed by atoms with Crippen molar-refractivity contribution in [2.75, 3.05) is 19.6 Å². The number of hydrogen-bond acceptors (Lipinski definition) is 4. The zero-order valence-corrected chi connectivity index (χ0v) is 13.3. The van der Waals surface area contributed by atoms with E-state index >= 15 is 0 Å². The Labute approximate surface area is 124 Å². The van der Waals surface area contributed by atoms with Gasteiger partial charge in [0, 0.05) is 30.9 Å². The number of carboxylic acid groups (broad SMARTS) is 1. The third kappa shape index (κ3) is 4.28. The SMILES string of the molecule is CC1CC(C)CN(CC(C)c2nc(CC(=O)O)cs2)C1. The molecule has 1 aromatic rings. The summed E-state index contributed by atoms with van der Waals surface area (Å²) in [4.78, 5) is 17.7. The Morgan fingerprint density at radius 2 is 2.15 bits per heavy atom. The summed E-state index contributed by atoms with van der Waals surface area (Å²) in [5, 5.41) is 11.7. The number of nitrogens with zero attached hydrogens (tertiary/aromatic N) is 2. The lowest BCUT2D eigenvalue weighted by atomic mass is 9.91. The van der Waals surface area contributed by atoms with Gasteiger partial charge >= 0.3 is 5.97 Å². The van der Waals surface area contributed by atoms with Crippen molar-refractivity contribution in [3.63, 3.8) is 0 Å². The lowest BCUT2D eigenvalue weighted by Gasteiger charge is -2.36. The van der Waals surface area contributed by atoms with E-state index in [1.807, 2.05) is 5.38 Å². The van der Waals surface area contributed by atoms with Crippen LogP contribution in [0.25, 0.3) is 0 Å². The minimum absolute atomic E-state index is 0.0288. The number of likely N-dealkylation sites (tertiary alicyclic amines) is 1. The van der Waals surface area contributed by atoms with Crippen molar-refractivity contribution in [2.45, 2.75) is 39.5 Å². The molecule has 0 radical (unpaired) electrons. The number of carboxylic acids is 1. The summed E-state index contributed by atoms with van der Waals surface area (Å²) in [6, 6.07) is 0. The first kappa shape index (κ1) is 15.4. The van der Waals surface area contributed by atoms with Crippen LogP contribution in [0.2, 0.25) is 0 Å². The average molecular weight is 296 g/mol. The van der Waals surface area contributed by atoms with Gasteiger partial charge in [0.15, 0.2) is 0 Å². The normalized spacial score (nSPS) is 25.6. The van der Waals surface area contributed by atoms with E-state index in [9.17, 15) is 4.79 Å². The molecule has 0 aliphatic carbocycles. The summed E-state index contributed by atoms with van der Waals surface area (Å²) >= 11 is 1.59. The number of thiazole rings is 1. The van der Waals surface area contributed by atoms with E-state index < -0.39 is 5.97 Å². The molecule has 4 nitrogen and oxygen atoms in total. The van der Waals surface area contributed by atoms with Crippen LogP contribution in [-0.2, 0) is 11.2 Å². The molecular weight excluding hydrogens is 272 g/mol. The molecule has 2 rings (SSSR count). The van der Waals surface area contributed by atoms with Crippen LogP contribution in [0.4, 0.5) is 0 Å². The number of piperidine rings is 1. The molecule has 3 atom stereocenters. The molecule has 0 bridgehead atoms. The van der Waals surface area contributed by atoms with E-state index in [4.69, 9.17) is 5.11 Å². The van der Waals surface area contributed by atoms with Gasteiger partial charge in [-0.15, -0.1) is 11.3 Å². The monoisotopic (exact) mass is 296 g/mol. The van der Waals surface area contributed by atoms with Crippen molar-refractivity contribution in [1.82, 2.24) is 9.88 Å². The fourth-order valence-corrected chi connectivity index (χ4v) is 4.06. The van der Waals surface area contributed by atoms with Gasteiger partial charge in [0.05, 0.1) is 17.1 Å².